The lowest BCUT2D eigenvalue weighted by atomic mass is 10.1. The van der Waals surface area contributed by atoms with Crippen molar-refractivity contribution in [3.63, 3.8) is 0 Å². The Morgan fingerprint density at radius 3 is 2.43 bits per heavy atom. The standard InChI is InChI=1S/C20H35N5O2S/c1-25(19-10-6-2-3-7-11-19)28(26,27)17-9-5-4-8-14-23-20(21)24-18-12-15-22-16-13-18/h12-13,15-16,19H,2-11,14,17H2,1H3,(H3,21,22,23,24). The van der Waals surface area contributed by atoms with Gasteiger partial charge in [0, 0.05) is 37.7 Å². The molecule has 1 fully saturated rings. The van der Waals surface area contributed by atoms with Crippen molar-refractivity contribution in [3.8, 4) is 0 Å². The third-order valence-electron chi connectivity index (χ3n) is 5.36. The van der Waals surface area contributed by atoms with Crippen LogP contribution in [0.3, 0.4) is 0 Å². The second kappa shape index (κ2) is 12.0. The summed E-state index contributed by atoms with van der Waals surface area (Å²) in [5.74, 6) is 0.506. The van der Waals surface area contributed by atoms with Crippen molar-refractivity contribution in [2.75, 3.05) is 24.7 Å². The van der Waals surface area contributed by atoms with E-state index in [0.29, 0.717) is 13.0 Å². The highest BCUT2D eigenvalue weighted by atomic mass is 32.2. The van der Waals surface area contributed by atoms with E-state index in [1.807, 2.05) is 12.1 Å². The normalized spacial score (nSPS) is 15.9. The highest BCUT2D eigenvalue weighted by molar-refractivity contribution is 7.89. The Balaban J connectivity index is 1.56. The molecule has 0 aliphatic heterocycles. The summed E-state index contributed by atoms with van der Waals surface area (Å²) >= 11 is 0. The molecule has 3 N–H and O–H groups in total. The molecule has 1 aromatic rings. The number of nitrogens with one attached hydrogen (secondary N) is 3. The van der Waals surface area contributed by atoms with Crippen LogP contribution in [-0.2, 0) is 10.0 Å². The summed E-state index contributed by atoms with van der Waals surface area (Å²) in [5, 5.41) is 13.8. The Morgan fingerprint density at radius 2 is 1.75 bits per heavy atom. The number of nitrogens with zero attached hydrogens (tertiary/aromatic N) is 2. The van der Waals surface area contributed by atoms with Crippen LogP contribution in [0, 0.1) is 5.41 Å². The molecule has 0 amide bonds. The minimum Gasteiger partial charge on any atom is -0.356 e. The van der Waals surface area contributed by atoms with Gasteiger partial charge in [0.15, 0.2) is 5.96 Å². The van der Waals surface area contributed by atoms with Gasteiger partial charge in [0.1, 0.15) is 0 Å². The molecule has 1 aliphatic carbocycles. The highest BCUT2D eigenvalue weighted by Crippen LogP contribution is 2.23. The van der Waals surface area contributed by atoms with Gasteiger partial charge in [-0.1, -0.05) is 38.5 Å². The Labute approximate surface area is 169 Å². The Bertz CT molecular complexity index is 673. The van der Waals surface area contributed by atoms with Gasteiger partial charge >= 0.3 is 0 Å². The lowest BCUT2D eigenvalue weighted by Crippen LogP contribution is -2.38. The minimum atomic E-state index is -3.15. The zero-order valence-electron chi connectivity index (χ0n) is 17.0. The van der Waals surface area contributed by atoms with Crippen LogP contribution in [0.1, 0.15) is 64.2 Å². The van der Waals surface area contributed by atoms with E-state index >= 15 is 0 Å². The van der Waals surface area contributed by atoms with E-state index in [1.54, 1.807) is 23.7 Å². The third-order valence-corrected chi connectivity index (χ3v) is 7.34. The molecular weight excluding hydrogens is 374 g/mol. The summed E-state index contributed by atoms with van der Waals surface area (Å²) in [6.45, 7) is 0.700. The molecule has 1 aliphatic rings. The van der Waals surface area contributed by atoms with Crippen molar-refractivity contribution in [1.29, 1.82) is 5.41 Å². The maximum atomic E-state index is 12.6. The first-order valence-corrected chi connectivity index (χ1v) is 12.0. The molecular formula is C20H35N5O2S. The molecule has 7 nitrogen and oxygen atoms in total. The van der Waals surface area contributed by atoms with Gasteiger partial charge in [-0.15, -0.1) is 0 Å². The van der Waals surface area contributed by atoms with E-state index in [0.717, 1.165) is 50.6 Å². The van der Waals surface area contributed by atoms with Crippen LogP contribution in [-0.4, -0.2) is 49.1 Å². The summed E-state index contributed by atoms with van der Waals surface area (Å²) in [6.07, 6.45) is 13.6. The predicted molar refractivity (Wildman–Crippen MR) is 115 cm³/mol. The number of pyridine rings is 1. The van der Waals surface area contributed by atoms with Gasteiger partial charge in [-0.3, -0.25) is 10.4 Å². The summed E-state index contributed by atoms with van der Waals surface area (Å²) < 4.78 is 26.8. The van der Waals surface area contributed by atoms with Crippen molar-refractivity contribution in [3.05, 3.63) is 24.5 Å². The quantitative estimate of drug-likeness (QED) is 0.237. The zero-order valence-corrected chi connectivity index (χ0v) is 17.8. The lowest BCUT2D eigenvalue weighted by molar-refractivity contribution is 0.335. The summed E-state index contributed by atoms with van der Waals surface area (Å²) in [6, 6.07) is 3.81. The van der Waals surface area contributed by atoms with Crippen LogP contribution in [0.15, 0.2) is 24.5 Å². The average molecular weight is 410 g/mol. The van der Waals surface area contributed by atoms with Crippen LogP contribution < -0.4 is 10.6 Å². The minimum absolute atomic E-state index is 0.190. The predicted octanol–water partition coefficient (Wildman–Crippen LogP) is 3.56. The van der Waals surface area contributed by atoms with Crippen molar-refractivity contribution >= 4 is 21.7 Å². The molecule has 0 spiro atoms. The van der Waals surface area contributed by atoms with E-state index in [1.165, 1.54) is 12.8 Å². The Kier molecular flexibility index (Phi) is 9.70. The molecule has 1 heterocycles. The van der Waals surface area contributed by atoms with Crippen LogP contribution in [0.25, 0.3) is 0 Å². The van der Waals surface area contributed by atoms with Gasteiger partial charge in [-0.05, 0) is 37.8 Å². The molecule has 2 rings (SSSR count). The monoisotopic (exact) mass is 409 g/mol. The van der Waals surface area contributed by atoms with Crippen LogP contribution in [0.2, 0.25) is 0 Å². The smallest absolute Gasteiger partial charge is 0.214 e. The number of hydrogen-bond acceptors (Lipinski definition) is 4. The second-order valence-electron chi connectivity index (χ2n) is 7.55. The molecule has 0 bridgehead atoms. The average Bonchev–Trinajstić information content (AvgIpc) is 2.96. The van der Waals surface area contributed by atoms with E-state index in [9.17, 15) is 8.42 Å². The number of anilines is 1. The summed E-state index contributed by atoms with van der Waals surface area (Å²) in [4.78, 5) is 3.94. The molecule has 0 unspecified atom stereocenters. The first kappa shape index (κ1) is 22.6. The summed E-state index contributed by atoms with van der Waals surface area (Å²) in [7, 11) is -1.39. The Hall–Kier alpha value is -1.67. The van der Waals surface area contributed by atoms with Gasteiger partial charge in [0.2, 0.25) is 10.0 Å². The van der Waals surface area contributed by atoms with Crippen LogP contribution >= 0.6 is 0 Å². The highest BCUT2D eigenvalue weighted by Gasteiger charge is 2.26. The number of hydrogen-bond donors (Lipinski definition) is 3. The van der Waals surface area contributed by atoms with Gasteiger partial charge in [-0.25, -0.2) is 12.7 Å². The first-order chi connectivity index (χ1) is 13.5. The zero-order chi connectivity index (χ0) is 20.2. The molecule has 28 heavy (non-hydrogen) atoms. The van der Waals surface area contributed by atoms with Crippen molar-refractivity contribution in [1.82, 2.24) is 14.6 Å². The molecule has 0 atom stereocenters. The number of aromatic nitrogens is 1. The fraction of sp³-hybridized carbons (Fsp3) is 0.700. The molecule has 0 radical (unpaired) electrons. The number of guanidine groups is 1. The molecule has 158 valence electrons. The van der Waals surface area contributed by atoms with E-state index in [-0.39, 0.29) is 17.8 Å². The number of rotatable bonds is 10. The first-order valence-electron chi connectivity index (χ1n) is 10.4. The van der Waals surface area contributed by atoms with Gasteiger partial charge in [0.25, 0.3) is 0 Å². The van der Waals surface area contributed by atoms with Gasteiger partial charge in [-0.2, -0.15) is 0 Å². The number of sulfonamides is 1. The largest absolute Gasteiger partial charge is 0.356 e. The second-order valence-corrected chi connectivity index (χ2v) is 9.70. The van der Waals surface area contributed by atoms with Crippen LogP contribution in [0.4, 0.5) is 5.69 Å². The molecule has 0 aromatic carbocycles. The van der Waals surface area contributed by atoms with Crippen molar-refractivity contribution < 1.29 is 8.42 Å². The molecule has 1 aromatic heterocycles. The molecule has 1 saturated carbocycles. The fourth-order valence-corrected chi connectivity index (χ4v) is 5.11. The van der Waals surface area contributed by atoms with Crippen molar-refractivity contribution in [2.24, 2.45) is 0 Å². The SMILES string of the molecule is CN(C1CCCCCC1)S(=O)(=O)CCCCCCNC(=N)Nc1ccncc1. The summed E-state index contributed by atoms with van der Waals surface area (Å²) in [5.41, 5.74) is 0.829. The number of unbranched alkanes of at least 4 members (excludes halogenated alkanes) is 3. The molecule has 0 saturated heterocycles. The maximum Gasteiger partial charge on any atom is 0.214 e. The Morgan fingerprint density at radius 1 is 1.11 bits per heavy atom. The van der Waals surface area contributed by atoms with E-state index in [4.69, 9.17) is 5.41 Å². The maximum absolute atomic E-state index is 12.6. The molecule has 8 heteroatoms. The van der Waals surface area contributed by atoms with E-state index in [2.05, 4.69) is 15.6 Å². The van der Waals surface area contributed by atoms with Gasteiger partial charge in [0.05, 0.1) is 5.75 Å². The van der Waals surface area contributed by atoms with Crippen molar-refractivity contribution in [2.45, 2.75) is 70.3 Å². The van der Waals surface area contributed by atoms with Crippen LogP contribution in [0.5, 0.6) is 0 Å². The van der Waals surface area contributed by atoms with E-state index < -0.39 is 10.0 Å². The third kappa shape index (κ3) is 8.14. The van der Waals surface area contributed by atoms with Gasteiger partial charge < -0.3 is 10.6 Å². The lowest BCUT2D eigenvalue weighted by Gasteiger charge is -2.26. The fourth-order valence-electron chi connectivity index (χ4n) is 3.59. The topological polar surface area (TPSA) is 98.2 Å².